The quantitative estimate of drug-likeness (QED) is 0.175. The number of hydrogen-bond donors (Lipinski definition) is 0. The molecule has 0 aliphatic rings. The first kappa shape index (κ1) is 33.6. The van der Waals surface area contributed by atoms with E-state index in [2.05, 4.69) is 179 Å². The summed E-state index contributed by atoms with van der Waals surface area (Å²) >= 11 is 0. The van der Waals surface area contributed by atoms with Crippen LogP contribution in [0.3, 0.4) is 0 Å². The lowest BCUT2D eigenvalue weighted by molar-refractivity contribution is 0.669. The molecular formula is C55H33N5O. The predicted octanol–water partition coefficient (Wildman–Crippen LogP) is 14.1. The van der Waals surface area contributed by atoms with Crippen LogP contribution >= 0.6 is 0 Å². The van der Waals surface area contributed by atoms with Crippen LogP contribution in [-0.2, 0) is 0 Å². The second-order valence-corrected chi connectivity index (χ2v) is 15.6. The first-order valence-electron chi connectivity index (χ1n) is 20.5. The van der Waals surface area contributed by atoms with Crippen molar-refractivity contribution in [1.82, 2.24) is 24.1 Å². The van der Waals surface area contributed by atoms with Gasteiger partial charge in [-0.15, -0.1) is 0 Å². The fraction of sp³-hybridized carbons (Fsp3) is 0. The lowest BCUT2D eigenvalue weighted by atomic mass is 10.0. The van der Waals surface area contributed by atoms with Crippen LogP contribution in [0, 0.1) is 0 Å². The molecule has 0 spiro atoms. The van der Waals surface area contributed by atoms with Crippen molar-refractivity contribution >= 4 is 76.3 Å². The summed E-state index contributed by atoms with van der Waals surface area (Å²) < 4.78 is 11.6. The van der Waals surface area contributed by atoms with Gasteiger partial charge >= 0.3 is 0 Å². The standard InChI is InChI=1S/C55H33N5O/c1-3-15-34(16-4-1)53-56-54(37-27-29-47-43(32-37)39-21-9-12-24-45(39)59(47)38-19-5-2-6-20-38)58-55(57-53)51-48(30-28-42-41-23-11-14-26-50(41)61-52(42)51)60-46-25-13-10-22-40(46)44-31-35-17-7-8-18-36(35)33-49(44)60/h1-33H. The normalized spacial score (nSPS) is 11.9. The Morgan fingerprint density at radius 3 is 1.69 bits per heavy atom. The molecular weight excluding hydrogens is 747 g/mol. The molecule has 0 aliphatic heterocycles. The van der Waals surface area contributed by atoms with Crippen molar-refractivity contribution in [2.45, 2.75) is 0 Å². The Morgan fingerprint density at radius 1 is 0.344 bits per heavy atom. The molecule has 9 aromatic carbocycles. The van der Waals surface area contributed by atoms with Gasteiger partial charge in [-0.3, -0.25) is 0 Å². The molecule has 0 fully saturated rings. The molecule has 284 valence electrons. The van der Waals surface area contributed by atoms with Gasteiger partial charge in [0.1, 0.15) is 11.2 Å². The van der Waals surface area contributed by atoms with Crippen LogP contribution in [0.2, 0.25) is 0 Å². The van der Waals surface area contributed by atoms with Gasteiger partial charge in [0.15, 0.2) is 17.5 Å². The Kier molecular flexibility index (Phi) is 7.21. The van der Waals surface area contributed by atoms with E-state index < -0.39 is 0 Å². The number of rotatable bonds is 5. The van der Waals surface area contributed by atoms with E-state index in [-0.39, 0.29) is 0 Å². The molecule has 61 heavy (non-hydrogen) atoms. The van der Waals surface area contributed by atoms with E-state index in [0.29, 0.717) is 17.5 Å². The summed E-state index contributed by atoms with van der Waals surface area (Å²) in [5, 5.41) is 9.03. The third-order valence-electron chi connectivity index (χ3n) is 12.1. The summed E-state index contributed by atoms with van der Waals surface area (Å²) in [5.41, 5.74) is 10.6. The molecule has 4 aromatic heterocycles. The number of para-hydroxylation sites is 4. The van der Waals surface area contributed by atoms with E-state index >= 15 is 0 Å². The minimum atomic E-state index is 0.530. The van der Waals surface area contributed by atoms with Crippen molar-refractivity contribution in [3.63, 3.8) is 0 Å². The minimum Gasteiger partial charge on any atom is -0.455 e. The maximum atomic E-state index is 6.90. The van der Waals surface area contributed by atoms with Crippen LogP contribution in [-0.4, -0.2) is 24.1 Å². The molecule has 0 amide bonds. The van der Waals surface area contributed by atoms with Gasteiger partial charge in [0.25, 0.3) is 0 Å². The highest BCUT2D eigenvalue weighted by Crippen LogP contribution is 2.43. The molecule has 0 bridgehead atoms. The highest BCUT2D eigenvalue weighted by Gasteiger charge is 2.25. The molecule has 6 heteroatoms. The third-order valence-corrected chi connectivity index (χ3v) is 12.1. The van der Waals surface area contributed by atoms with Gasteiger partial charge in [0.2, 0.25) is 0 Å². The lowest BCUT2D eigenvalue weighted by Crippen LogP contribution is -2.04. The maximum absolute atomic E-state index is 6.90. The second kappa shape index (κ2) is 13.1. The van der Waals surface area contributed by atoms with Gasteiger partial charge in [0, 0.05) is 49.1 Å². The van der Waals surface area contributed by atoms with Crippen LogP contribution in [0.5, 0.6) is 0 Å². The van der Waals surface area contributed by atoms with Crippen LogP contribution in [0.25, 0.3) is 122 Å². The van der Waals surface area contributed by atoms with Gasteiger partial charge in [-0.2, -0.15) is 0 Å². The van der Waals surface area contributed by atoms with Gasteiger partial charge in [-0.25, -0.2) is 15.0 Å². The molecule has 6 nitrogen and oxygen atoms in total. The van der Waals surface area contributed by atoms with E-state index in [0.717, 1.165) is 82.8 Å². The Hall–Kier alpha value is -8.35. The molecule has 0 saturated carbocycles. The number of nitrogens with zero attached hydrogens (tertiary/aromatic N) is 5. The molecule has 0 radical (unpaired) electrons. The first-order valence-corrected chi connectivity index (χ1v) is 20.5. The number of hydrogen-bond acceptors (Lipinski definition) is 4. The molecule has 13 rings (SSSR count). The highest BCUT2D eigenvalue weighted by molar-refractivity contribution is 6.16. The van der Waals surface area contributed by atoms with Gasteiger partial charge in [-0.05, 0) is 83.6 Å². The average Bonchev–Trinajstić information content (AvgIpc) is 3.98. The molecule has 0 saturated heterocycles. The van der Waals surface area contributed by atoms with Gasteiger partial charge < -0.3 is 13.6 Å². The zero-order chi connectivity index (χ0) is 40.0. The summed E-state index contributed by atoms with van der Waals surface area (Å²) in [6.07, 6.45) is 0. The summed E-state index contributed by atoms with van der Waals surface area (Å²) in [5.74, 6) is 1.69. The fourth-order valence-corrected chi connectivity index (χ4v) is 9.40. The summed E-state index contributed by atoms with van der Waals surface area (Å²) in [7, 11) is 0. The topological polar surface area (TPSA) is 61.7 Å². The molecule has 0 unspecified atom stereocenters. The summed E-state index contributed by atoms with van der Waals surface area (Å²) in [6, 6.07) is 70.2. The van der Waals surface area contributed by atoms with E-state index in [1.807, 2.05) is 30.3 Å². The number of aromatic nitrogens is 5. The zero-order valence-electron chi connectivity index (χ0n) is 32.7. The number of fused-ring (bicyclic) bond motifs is 10. The van der Waals surface area contributed by atoms with Crippen LogP contribution in [0.15, 0.2) is 205 Å². The van der Waals surface area contributed by atoms with Crippen LogP contribution in [0.4, 0.5) is 0 Å². The van der Waals surface area contributed by atoms with Crippen molar-refractivity contribution in [3.8, 4) is 45.5 Å². The van der Waals surface area contributed by atoms with Crippen LogP contribution in [0.1, 0.15) is 0 Å². The molecule has 0 N–H and O–H groups in total. The molecule has 4 heterocycles. The first-order chi connectivity index (χ1) is 30.2. The SMILES string of the molecule is c1ccc(-c2nc(-c3ccc4c(c3)c3ccccc3n4-c3ccccc3)nc(-c3c(-n4c5ccccc5c5cc6ccccc6cc54)ccc4c3oc3ccccc34)n2)cc1. The lowest BCUT2D eigenvalue weighted by Gasteiger charge is -2.15. The monoisotopic (exact) mass is 779 g/mol. The van der Waals surface area contributed by atoms with Crippen molar-refractivity contribution in [1.29, 1.82) is 0 Å². The van der Waals surface area contributed by atoms with Crippen molar-refractivity contribution in [2.24, 2.45) is 0 Å². The molecule has 0 aliphatic carbocycles. The van der Waals surface area contributed by atoms with E-state index in [9.17, 15) is 0 Å². The average molecular weight is 780 g/mol. The van der Waals surface area contributed by atoms with Gasteiger partial charge in [0.05, 0.1) is 33.3 Å². The third kappa shape index (κ3) is 5.12. The molecule has 0 atom stereocenters. The van der Waals surface area contributed by atoms with Crippen LogP contribution < -0.4 is 0 Å². The fourth-order valence-electron chi connectivity index (χ4n) is 9.40. The number of benzene rings is 9. The smallest absolute Gasteiger partial charge is 0.170 e. The second-order valence-electron chi connectivity index (χ2n) is 15.6. The highest BCUT2D eigenvalue weighted by atomic mass is 16.3. The van der Waals surface area contributed by atoms with E-state index in [1.165, 1.54) is 21.5 Å². The Balaban J connectivity index is 1.13. The largest absolute Gasteiger partial charge is 0.455 e. The van der Waals surface area contributed by atoms with Crippen molar-refractivity contribution < 1.29 is 4.42 Å². The number of furan rings is 1. The predicted molar refractivity (Wildman–Crippen MR) is 250 cm³/mol. The Labute approximate surface area is 349 Å². The van der Waals surface area contributed by atoms with Gasteiger partial charge in [-0.1, -0.05) is 127 Å². The Morgan fingerprint density at radius 2 is 0.918 bits per heavy atom. The van der Waals surface area contributed by atoms with Crippen molar-refractivity contribution in [3.05, 3.63) is 200 Å². The van der Waals surface area contributed by atoms with Crippen molar-refractivity contribution in [2.75, 3.05) is 0 Å². The van der Waals surface area contributed by atoms with E-state index in [4.69, 9.17) is 19.4 Å². The minimum absolute atomic E-state index is 0.530. The summed E-state index contributed by atoms with van der Waals surface area (Å²) in [4.78, 5) is 16.0. The zero-order valence-corrected chi connectivity index (χ0v) is 32.7. The maximum Gasteiger partial charge on any atom is 0.170 e. The summed E-state index contributed by atoms with van der Waals surface area (Å²) in [6.45, 7) is 0. The van der Waals surface area contributed by atoms with E-state index in [1.54, 1.807) is 0 Å². The Bertz CT molecular complexity index is 3880. The molecule has 13 aromatic rings.